The van der Waals surface area contributed by atoms with Crippen molar-refractivity contribution in [2.45, 2.75) is 39.0 Å². The van der Waals surface area contributed by atoms with Gasteiger partial charge in [-0.2, -0.15) is 0 Å². The van der Waals surface area contributed by atoms with E-state index >= 15 is 0 Å². The summed E-state index contributed by atoms with van der Waals surface area (Å²) in [5, 5.41) is 4.79. The third-order valence-electron chi connectivity index (χ3n) is 4.85. The first-order valence-electron chi connectivity index (χ1n) is 11.2. The second kappa shape index (κ2) is 13.1. The van der Waals surface area contributed by atoms with Crippen molar-refractivity contribution < 1.29 is 19.1 Å². The van der Waals surface area contributed by atoms with Gasteiger partial charge in [-0.25, -0.2) is 4.98 Å². The summed E-state index contributed by atoms with van der Waals surface area (Å²) in [6.45, 7) is 2.81. The highest BCUT2D eigenvalue weighted by Gasteiger charge is 2.12. The van der Waals surface area contributed by atoms with Crippen molar-refractivity contribution in [3.05, 3.63) is 76.8 Å². The molecule has 3 amide bonds. The van der Waals surface area contributed by atoms with E-state index in [0.717, 1.165) is 12.8 Å². The van der Waals surface area contributed by atoms with E-state index < -0.39 is 11.8 Å². The number of benzene rings is 2. The number of anilines is 1. The summed E-state index contributed by atoms with van der Waals surface area (Å²) < 4.78 is 5.67. The number of nitrogens with zero attached hydrogens (tertiary/aromatic N) is 1. The van der Waals surface area contributed by atoms with Crippen LogP contribution in [0.25, 0.3) is 0 Å². The second-order valence-electron chi connectivity index (χ2n) is 7.58. The van der Waals surface area contributed by atoms with Crippen LogP contribution in [-0.4, -0.2) is 29.3 Å². The monoisotopic (exact) mass is 480 g/mol. The van der Waals surface area contributed by atoms with Gasteiger partial charge in [-0.15, -0.1) is 11.3 Å². The van der Waals surface area contributed by atoms with Gasteiger partial charge in [0.05, 0.1) is 18.7 Å². The minimum absolute atomic E-state index is 0.0389. The number of nitrogens with one attached hydrogen (secondary N) is 3. The predicted octanol–water partition coefficient (Wildman–Crippen LogP) is 4.36. The van der Waals surface area contributed by atoms with E-state index in [-0.39, 0.29) is 12.3 Å². The molecule has 0 aliphatic rings. The average Bonchev–Trinajstić information content (AvgIpc) is 3.29. The molecule has 0 saturated carbocycles. The molecular weight excluding hydrogens is 452 g/mol. The van der Waals surface area contributed by atoms with Crippen LogP contribution in [0.2, 0.25) is 0 Å². The average molecular weight is 481 g/mol. The number of carbonyl (C=O) groups is 3. The van der Waals surface area contributed by atoms with Gasteiger partial charge in [0, 0.05) is 16.5 Å². The zero-order chi connectivity index (χ0) is 24.2. The maximum Gasteiger partial charge on any atom is 0.269 e. The van der Waals surface area contributed by atoms with Crippen LogP contribution >= 0.6 is 11.3 Å². The molecule has 0 unspecified atom stereocenters. The number of thiazole rings is 1. The predicted molar refractivity (Wildman–Crippen MR) is 132 cm³/mol. The van der Waals surface area contributed by atoms with Gasteiger partial charge in [0.1, 0.15) is 5.75 Å². The van der Waals surface area contributed by atoms with Crippen molar-refractivity contribution in [2.24, 2.45) is 0 Å². The molecule has 0 radical (unpaired) electrons. The number of hydrazine groups is 1. The molecule has 8 nitrogen and oxygen atoms in total. The maximum atomic E-state index is 12.3. The number of hydrogen-bond donors (Lipinski definition) is 3. The summed E-state index contributed by atoms with van der Waals surface area (Å²) in [6.07, 6.45) is 4.48. The largest absolute Gasteiger partial charge is 0.494 e. The summed E-state index contributed by atoms with van der Waals surface area (Å²) in [6, 6.07) is 15.5. The lowest BCUT2D eigenvalue weighted by molar-refractivity contribution is -0.121. The first-order chi connectivity index (χ1) is 16.5. The molecule has 0 spiro atoms. The number of amides is 3. The van der Waals surface area contributed by atoms with Crippen molar-refractivity contribution in [3.63, 3.8) is 0 Å². The summed E-state index contributed by atoms with van der Waals surface area (Å²) in [5.74, 6) is -0.426. The van der Waals surface area contributed by atoms with E-state index in [9.17, 15) is 14.4 Å². The van der Waals surface area contributed by atoms with Crippen molar-refractivity contribution in [1.82, 2.24) is 15.8 Å². The van der Waals surface area contributed by atoms with Crippen molar-refractivity contribution in [1.29, 1.82) is 0 Å². The van der Waals surface area contributed by atoms with E-state index in [4.69, 9.17) is 4.74 Å². The highest BCUT2D eigenvalue weighted by atomic mass is 32.1. The minimum atomic E-state index is -0.433. The standard InChI is InChI=1S/C25H28N4O4S/c1-2-3-4-8-15-33-21-13-11-19(12-14-21)24(32)29-28-22(30)16-20-17-34-25(26-20)27-23(31)18-9-6-5-7-10-18/h5-7,9-14,17H,2-4,8,15-16H2,1H3,(H,28,30)(H,29,32)(H,26,27,31). The lowest BCUT2D eigenvalue weighted by Crippen LogP contribution is -2.42. The molecule has 0 aliphatic heterocycles. The van der Waals surface area contributed by atoms with Crippen LogP contribution in [0.4, 0.5) is 5.13 Å². The molecule has 3 aromatic rings. The lowest BCUT2D eigenvalue weighted by atomic mass is 10.2. The molecular formula is C25H28N4O4S. The molecule has 2 aromatic carbocycles. The number of ether oxygens (including phenoxy) is 1. The maximum absolute atomic E-state index is 12.3. The Kier molecular flexibility index (Phi) is 9.60. The third-order valence-corrected chi connectivity index (χ3v) is 5.65. The molecule has 3 rings (SSSR count). The molecule has 0 fully saturated rings. The molecule has 0 aliphatic carbocycles. The van der Waals surface area contributed by atoms with Gasteiger partial charge in [0.2, 0.25) is 5.91 Å². The Balaban J connectivity index is 1.40. The van der Waals surface area contributed by atoms with Gasteiger partial charge in [-0.05, 0) is 42.8 Å². The van der Waals surface area contributed by atoms with Crippen molar-refractivity contribution in [3.8, 4) is 5.75 Å². The molecule has 0 bridgehead atoms. The number of carbonyl (C=O) groups excluding carboxylic acids is 3. The van der Waals surface area contributed by atoms with E-state index in [1.165, 1.54) is 24.2 Å². The van der Waals surface area contributed by atoms with Gasteiger partial charge in [0.15, 0.2) is 5.13 Å². The molecule has 0 atom stereocenters. The Hall–Kier alpha value is -3.72. The smallest absolute Gasteiger partial charge is 0.269 e. The second-order valence-corrected chi connectivity index (χ2v) is 8.43. The summed E-state index contributed by atoms with van der Waals surface area (Å²) in [7, 11) is 0. The van der Waals surface area contributed by atoms with Crippen LogP contribution in [0.15, 0.2) is 60.0 Å². The normalized spacial score (nSPS) is 10.4. The molecule has 0 saturated heterocycles. The van der Waals surface area contributed by atoms with Crippen LogP contribution in [0.3, 0.4) is 0 Å². The highest BCUT2D eigenvalue weighted by Crippen LogP contribution is 2.17. The van der Waals surface area contributed by atoms with Crippen LogP contribution in [0.1, 0.15) is 59.0 Å². The minimum Gasteiger partial charge on any atom is -0.494 e. The summed E-state index contributed by atoms with van der Waals surface area (Å²) >= 11 is 1.22. The highest BCUT2D eigenvalue weighted by molar-refractivity contribution is 7.14. The zero-order valence-electron chi connectivity index (χ0n) is 19.0. The molecule has 1 heterocycles. The zero-order valence-corrected chi connectivity index (χ0v) is 19.8. The fourth-order valence-electron chi connectivity index (χ4n) is 3.03. The molecule has 178 valence electrons. The Morgan fingerprint density at radius 2 is 1.62 bits per heavy atom. The van der Waals surface area contributed by atoms with E-state index in [1.807, 2.05) is 6.07 Å². The number of unbranched alkanes of at least 4 members (excludes halogenated alkanes) is 3. The molecule has 1 aromatic heterocycles. The Bertz CT molecular complexity index is 1080. The van der Waals surface area contributed by atoms with Gasteiger partial charge in [-0.3, -0.25) is 30.6 Å². The van der Waals surface area contributed by atoms with E-state index in [2.05, 4.69) is 28.1 Å². The van der Waals surface area contributed by atoms with Crippen LogP contribution < -0.4 is 20.9 Å². The SMILES string of the molecule is CCCCCCOc1ccc(C(=O)NNC(=O)Cc2csc(NC(=O)c3ccccc3)n2)cc1. The van der Waals surface area contributed by atoms with Gasteiger partial charge in [0.25, 0.3) is 11.8 Å². The number of hydrogen-bond acceptors (Lipinski definition) is 6. The lowest BCUT2D eigenvalue weighted by Gasteiger charge is -2.08. The van der Waals surface area contributed by atoms with Gasteiger partial charge in [-0.1, -0.05) is 44.4 Å². The summed E-state index contributed by atoms with van der Waals surface area (Å²) in [4.78, 5) is 40.9. The molecule has 9 heteroatoms. The van der Waals surface area contributed by atoms with Gasteiger partial charge >= 0.3 is 0 Å². The van der Waals surface area contributed by atoms with Gasteiger partial charge < -0.3 is 4.74 Å². The van der Waals surface area contributed by atoms with Crippen LogP contribution in [-0.2, 0) is 11.2 Å². The van der Waals surface area contributed by atoms with Crippen molar-refractivity contribution >= 4 is 34.2 Å². The third kappa shape index (κ3) is 8.00. The van der Waals surface area contributed by atoms with E-state index in [0.29, 0.717) is 34.3 Å². The topological polar surface area (TPSA) is 109 Å². The Labute approximate surface area is 202 Å². The van der Waals surface area contributed by atoms with E-state index in [1.54, 1.807) is 53.9 Å². The summed E-state index contributed by atoms with van der Waals surface area (Å²) in [5.41, 5.74) is 6.18. The van der Waals surface area contributed by atoms with Crippen LogP contribution in [0.5, 0.6) is 5.75 Å². The number of aromatic nitrogens is 1. The Morgan fingerprint density at radius 1 is 0.882 bits per heavy atom. The quantitative estimate of drug-likeness (QED) is 0.279. The first kappa shape index (κ1) is 24.9. The number of rotatable bonds is 11. The molecule has 3 N–H and O–H groups in total. The Morgan fingerprint density at radius 3 is 2.35 bits per heavy atom. The molecule has 34 heavy (non-hydrogen) atoms. The fraction of sp³-hybridized carbons (Fsp3) is 0.280. The van der Waals surface area contributed by atoms with Crippen LogP contribution in [0, 0.1) is 0 Å². The first-order valence-corrected chi connectivity index (χ1v) is 12.1. The fourth-order valence-corrected chi connectivity index (χ4v) is 3.74. The van der Waals surface area contributed by atoms with Crippen molar-refractivity contribution in [2.75, 3.05) is 11.9 Å².